The van der Waals surface area contributed by atoms with Crippen LogP contribution in [0, 0.1) is 35.5 Å². The molecule has 88 valence electrons. The predicted octanol–water partition coefficient (Wildman–Crippen LogP) is 1.68. The lowest BCUT2D eigenvalue weighted by Gasteiger charge is -2.33. The molecule has 4 fully saturated rings. The maximum atomic E-state index is 11.8. The number of allylic oxidation sites excluding steroid dienone is 1. The van der Waals surface area contributed by atoms with E-state index in [4.69, 9.17) is 4.74 Å². The lowest BCUT2D eigenvalue weighted by atomic mass is 9.69. The lowest BCUT2D eigenvalue weighted by molar-refractivity contribution is -0.153. The Kier molecular flexibility index (Phi) is 1.31. The van der Waals surface area contributed by atoms with E-state index < -0.39 is 0 Å². The minimum absolute atomic E-state index is 0.168. The molecule has 3 heteroatoms. The van der Waals surface area contributed by atoms with E-state index in [1.54, 1.807) is 0 Å². The van der Waals surface area contributed by atoms with Crippen molar-refractivity contribution in [2.24, 2.45) is 35.5 Å². The Bertz CT molecular complexity index is 504. The van der Waals surface area contributed by atoms with Gasteiger partial charge in [0.25, 0.3) is 0 Å². The van der Waals surface area contributed by atoms with E-state index in [9.17, 15) is 9.59 Å². The van der Waals surface area contributed by atoms with Crippen LogP contribution in [0.3, 0.4) is 0 Å². The van der Waals surface area contributed by atoms with Gasteiger partial charge in [0.1, 0.15) is 0 Å². The largest absolute Gasteiger partial charge is 0.389 e. The molecule has 17 heavy (non-hydrogen) atoms. The number of hydrogen-bond acceptors (Lipinski definition) is 3. The first-order valence-electron chi connectivity index (χ1n) is 6.74. The molecule has 0 N–H and O–H groups in total. The zero-order chi connectivity index (χ0) is 11.3. The SMILES string of the molecule is O=C1OC(=O)C2C1=C1CC2C2C3CCC(C3)C12. The molecule has 1 saturated heterocycles. The van der Waals surface area contributed by atoms with Crippen molar-refractivity contribution in [1.82, 2.24) is 0 Å². The maximum Gasteiger partial charge on any atom is 0.342 e. The molecule has 5 rings (SSSR count). The van der Waals surface area contributed by atoms with E-state index in [0.29, 0.717) is 17.8 Å². The topological polar surface area (TPSA) is 43.4 Å². The van der Waals surface area contributed by atoms with Gasteiger partial charge in [0.05, 0.1) is 11.5 Å². The number of ether oxygens (including phenoxy) is 1. The monoisotopic (exact) mass is 230 g/mol. The summed E-state index contributed by atoms with van der Waals surface area (Å²) in [5.41, 5.74) is 2.11. The third-order valence-electron chi connectivity index (χ3n) is 6.09. The molecule has 1 heterocycles. The summed E-state index contributed by atoms with van der Waals surface area (Å²) < 4.78 is 4.83. The second-order valence-electron chi connectivity index (χ2n) is 6.43. The molecule has 4 bridgehead atoms. The summed E-state index contributed by atoms with van der Waals surface area (Å²) in [5.74, 6) is 2.65. The number of esters is 2. The van der Waals surface area contributed by atoms with Gasteiger partial charge in [0.2, 0.25) is 0 Å². The van der Waals surface area contributed by atoms with Gasteiger partial charge in [-0.1, -0.05) is 5.57 Å². The van der Waals surface area contributed by atoms with Gasteiger partial charge in [-0.2, -0.15) is 0 Å². The van der Waals surface area contributed by atoms with E-state index in [1.165, 1.54) is 24.8 Å². The van der Waals surface area contributed by atoms with E-state index in [2.05, 4.69) is 0 Å². The number of fused-ring (bicyclic) bond motifs is 11. The zero-order valence-electron chi connectivity index (χ0n) is 9.52. The summed E-state index contributed by atoms with van der Waals surface area (Å²) >= 11 is 0. The second kappa shape index (κ2) is 2.50. The summed E-state index contributed by atoms with van der Waals surface area (Å²) in [7, 11) is 0. The molecule has 6 unspecified atom stereocenters. The third-order valence-corrected chi connectivity index (χ3v) is 6.09. The first-order chi connectivity index (χ1) is 8.25. The molecular weight excluding hydrogens is 216 g/mol. The highest BCUT2D eigenvalue weighted by molar-refractivity contribution is 6.09. The molecule has 0 radical (unpaired) electrons. The molecule has 3 saturated carbocycles. The van der Waals surface area contributed by atoms with Gasteiger partial charge in [0, 0.05) is 0 Å². The van der Waals surface area contributed by atoms with Crippen LogP contribution in [0.5, 0.6) is 0 Å². The van der Waals surface area contributed by atoms with Crippen LogP contribution in [0.15, 0.2) is 11.1 Å². The Labute approximate surface area is 99.2 Å². The van der Waals surface area contributed by atoms with Crippen LogP contribution in [-0.4, -0.2) is 11.9 Å². The normalized spacial score (nSPS) is 53.4. The average molecular weight is 230 g/mol. The second-order valence-corrected chi connectivity index (χ2v) is 6.43. The summed E-state index contributed by atoms with van der Waals surface area (Å²) in [6.45, 7) is 0. The fourth-order valence-corrected chi connectivity index (χ4v) is 5.80. The van der Waals surface area contributed by atoms with Crippen LogP contribution in [0.1, 0.15) is 25.7 Å². The van der Waals surface area contributed by atoms with Crippen molar-refractivity contribution in [3.8, 4) is 0 Å². The fraction of sp³-hybridized carbons (Fsp3) is 0.714. The van der Waals surface area contributed by atoms with Gasteiger partial charge < -0.3 is 4.74 Å². The molecule has 0 amide bonds. The molecule has 6 atom stereocenters. The summed E-state index contributed by atoms with van der Waals surface area (Å²) in [5, 5.41) is 0. The van der Waals surface area contributed by atoms with Crippen LogP contribution in [0.25, 0.3) is 0 Å². The summed E-state index contributed by atoms with van der Waals surface area (Å²) in [4.78, 5) is 23.5. The number of carbonyl (C=O) groups excluding carboxylic acids is 2. The van der Waals surface area contributed by atoms with Gasteiger partial charge >= 0.3 is 11.9 Å². The van der Waals surface area contributed by atoms with E-state index in [1.807, 2.05) is 0 Å². The van der Waals surface area contributed by atoms with Crippen LogP contribution in [0.2, 0.25) is 0 Å². The Balaban J connectivity index is 1.71. The van der Waals surface area contributed by atoms with Crippen molar-refractivity contribution in [3.63, 3.8) is 0 Å². The van der Waals surface area contributed by atoms with Gasteiger partial charge in [-0.15, -0.1) is 0 Å². The first kappa shape index (κ1) is 8.90. The molecule has 0 aromatic rings. The maximum absolute atomic E-state index is 11.8. The van der Waals surface area contributed by atoms with Crippen molar-refractivity contribution in [1.29, 1.82) is 0 Å². The van der Waals surface area contributed by atoms with Crippen molar-refractivity contribution in [2.45, 2.75) is 25.7 Å². The van der Waals surface area contributed by atoms with Crippen molar-refractivity contribution in [3.05, 3.63) is 11.1 Å². The minimum Gasteiger partial charge on any atom is -0.389 e. The molecule has 5 aliphatic rings. The fourth-order valence-electron chi connectivity index (χ4n) is 5.80. The summed E-state index contributed by atoms with van der Waals surface area (Å²) in [6.07, 6.45) is 5.05. The Hall–Kier alpha value is -1.12. The smallest absolute Gasteiger partial charge is 0.342 e. The number of carbonyl (C=O) groups is 2. The molecule has 4 aliphatic carbocycles. The quantitative estimate of drug-likeness (QED) is 0.361. The zero-order valence-corrected chi connectivity index (χ0v) is 9.52. The van der Waals surface area contributed by atoms with Crippen LogP contribution < -0.4 is 0 Å². The minimum atomic E-state index is -0.321. The highest BCUT2D eigenvalue weighted by Crippen LogP contribution is 2.69. The highest BCUT2D eigenvalue weighted by Gasteiger charge is 2.65. The number of hydrogen-bond donors (Lipinski definition) is 0. The predicted molar refractivity (Wildman–Crippen MR) is 57.5 cm³/mol. The Morgan fingerprint density at radius 3 is 2.82 bits per heavy atom. The van der Waals surface area contributed by atoms with E-state index >= 15 is 0 Å². The molecule has 1 aliphatic heterocycles. The van der Waals surface area contributed by atoms with Crippen molar-refractivity contribution < 1.29 is 14.3 Å². The molecule has 3 nitrogen and oxygen atoms in total. The van der Waals surface area contributed by atoms with Crippen LogP contribution >= 0.6 is 0 Å². The lowest BCUT2D eigenvalue weighted by Crippen LogP contribution is -2.32. The van der Waals surface area contributed by atoms with Gasteiger partial charge in [-0.05, 0) is 55.3 Å². The third kappa shape index (κ3) is 0.791. The Morgan fingerprint density at radius 2 is 1.94 bits per heavy atom. The van der Waals surface area contributed by atoms with E-state index in [-0.39, 0.29) is 17.9 Å². The highest BCUT2D eigenvalue weighted by atomic mass is 16.6. The van der Waals surface area contributed by atoms with Gasteiger partial charge in [0.15, 0.2) is 0 Å². The van der Waals surface area contributed by atoms with Gasteiger partial charge in [-0.25, -0.2) is 4.79 Å². The molecule has 0 aromatic heterocycles. The molecule has 0 aromatic carbocycles. The van der Waals surface area contributed by atoms with Crippen LogP contribution in [0.4, 0.5) is 0 Å². The summed E-state index contributed by atoms with van der Waals surface area (Å²) in [6, 6.07) is 0. The standard InChI is InChI=1S/C14H14O3/c15-13-11-7-4-8(12(11)14(16)17-13)10-6-2-1-5(3-6)9(7)10/h5-7,9-11H,1-4H2. The van der Waals surface area contributed by atoms with Crippen molar-refractivity contribution >= 4 is 11.9 Å². The molecular formula is C14H14O3. The number of rotatable bonds is 0. The van der Waals surface area contributed by atoms with Crippen molar-refractivity contribution in [2.75, 3.05) is 0 Å². The van der Waals surface area contributed by atoms with Crippen LogP contribution in [-0.2, 0) is 14.3 Å². The van der Waals surface area contributed by atoms with E-state index in [0.717, 1.165) is 23.8 Å². The first-order valence-corrected chi connectivity index (χ1v) is 6.74. The Morgan fingerprint density at radius 1 is 1.12 bits per heavy atom. The van der Waals surface area contributed by atoms with Gasteiger partial charge in [-0.3, -0.25) is 4.79 Å². The molecule has 0 spiro atoms. The average Bonchev–Trinajstić information content (AvgIpc) is 3.03. The number of cyclic esters (lactones) is 2.